The zero-order valence-electron chi connectivity index (χ0n) is 39.7. The first kappa shape index (κ1) is 51.6. The van der Waals surface area contributed by atoms with Crippen molar-refractivity contribution in [2.75, 3.05) is 37.9 Å². The number of ketones is 1. The second kappa shape index (κ2) is 22.2. The van der Waals surface area contributed by atoms with Gasteiger partial charge in [0.2, 0.25) is 0 Å². The summed E-state index contributed by atoms with van der Waals surface area (Å²) >= 11 is 0. The van der Waals surface area contributed by atoms with Gasteiger partial charge in [0, 0.05) is 60.7 Å². The number of aromatic carboxylic acids is 1. The highest BCUT2D eigenvalue weighted by molar-refractivity contribution is 5.98. The number of rotatable bonds is 18. The second-order valence-electron chi connectivity index (χ2n) is 16.5. The van der Waals surface area contributed by atoms with E-state index in [9.17, 15) is 41.0 Å². The number of carbonyl (C=O) groups excluding carboxylic acids is 1. The van der Waals surface area contributed by atoms with Crippen molar-refractivity contribution in [2.45, 2.75) is 58.8 Å². The van der Waals surface area contributed by atoms with Crippen molar-refractivity contribution in [1.82, 2.24) is 19.1 Å². The van der Waals surface area contributed by atoms with Crippen molar-refractivity contribution >= 4 is 45.2 Å². The number of benzene rings is 6. The summed E-state index contributed by atoms with van der Waals surface area (Å²) in [5.41, 5.74) is 6.57. The summed E-state index contributed by atoms with van der Waals surface area (Å²) in [6, 6.07) is 31.2. The molecule has 72 heavy (non-hydrogen) atoms. The average Bonchev–Trinajstić information content (AvgIpc) is 3.96. The third kappa shape index (κ3) is 12.6. The summed E-state index contributed by atoms with van der Waals surface area (Å²) in [5, 5.41) is 15.0. The SMILES string of the molecule is CCCC(=O)c1ccc(-n2cnc3c(NCCC(F)(F)F)cc(Oc4ccccc4OC)cc32)cc1C.COc1ccccc1Oc1cc(NCCC(F)(F)F)c2ncn(-c3ccc(C(=O)O)c(C)c3)c2c1. The van der Waals surface area contributed by atoms with Gasteiger partial charge in [-0.25, -0.2) is 14.8 Å². The van der Waals surface area contributed by atoms with Gasteiger partial charge in [-0.1, -0.05) is 31.2 Å². The predicted octanol–water partition coefficient (Wildman–Crippen LogP) is 13.7. The van der Waals surface area contributed by atoms with E-state index in [4.69, 9.17) is 18.9 Å². The zero-order valence-corrected chi connectivity index (χ0v) is 39.7. The van der Waals surface area contributed by atoms with Crippen molar-refractivity contribution in [3.8, 4) is 45.9 Å². The Kier molecular flexibility index (Phi) is 16.0. The van der Waals surface area contributed by atoms with Crippen LogP contribution in [0.1, 0.15) is 64.4 Å². The van der Waals surface area contributed by atoms with Crippen LogP contribution in [0.4, 0.5) is 37.7 Å². The number of aromatic nitrogens is 4. The number of methoxy groups -OCH3 is 2. The van der Waals surface area contributed by atoms with E-state index >= 15 is 0 Å². The van der Waals surface area contributed by atoms with Crippen LogP contribution in [0.15, 0.2) is 122 Å². The van der Waals surface area contributed by atoms with Gasteiger partial charge in [-0.3, -0.25) is 13.9 Å². The zero-order chi connectivity index (χ0) is 51.7. The molecule has 2 heterocycles. The van der Waals surface area contributed by atoms with E-state index in [0.717, 1.165) is 17.7 Å². The maximum atomic E-state index is 12.8. The normalized spacial score (nSPS) is 11.5. The first-order valence-corrected chi connectivity index (χ1v) is 22.6. The monoisotopic (exact) mass is 996 g/mol. The molecule has 8 rings (SSSR count). The lowest BCUT2D eigenvalue weighted by Crippen LogP contribution is -2.14. The number of carboxylic acid groups (broad SMARTS) is 1. The molecule has 0 fully saturated rings. The fourth-order valence-corrected chi connectivity index (χ4v) is 7.83. The topological polar surface area (TPSA) is 151 Å². The minimum absolute atomic E-state index is 0.0886. The molecule has 376 valence electrons. The number of Topliss-reactive ketones (excluding diaryl/α,β-unsaturated/α-hetero) is 1. The molecule has 6 aromatic carbocycles. The van der Waals surface area contributed by atoms with E-state index in [1.807, 2.05) is 36.6 Å². The fraction of sp³-hybridized carbons (Fsp3) is 0.245. The van der Waals surface area contributed by atoms with Gasteiger partial charge in [0.25, 0.3) is 0 Å². The minimum atomic E-state index is -4.31. The lowest BCUT2D eigenvalue weighted by Gasteiger charge is -2.15. The van der Waals surface area contributed by atoms with Crippen LogP contribution in [0.3, 0.4) is 0 Å². The van der Waals surface area contributed by atoms with Gasteiger partial charge >= 0.3 is 18.3 Å². The van der Waals surface area contributed by atoms with Crippen molar-refractivity contribution in [3.05, 3.63) is 144 Å². The summed E-state index contributed by atoms with van der Waals surface area (Å²) < 4.78 is 103. The van der Waals surface area contributed by atoms with Crippen LogP contribution in [0.2, 0.25) is 0 Å². The van der Waals surface area contributed by atoms with E-state index in [0.29, 0.717) is 91.2 Å². The molecule has 0 aliphatic rings. The summed E-state index contributed by atoms with van der Waals surface area (Å²) in [6.45, 7) is 4.88. The lowest BCUT2D eigenvalue weighted by atomic mass is 10.0. The van der Waals surface area contributed by atoms with Crippen molar-refractivity contribution in [2.24, 2.45) is 0 Å². The number of anilines is 2. The Morgan fingerprint density at radius 1 is 0.597 bits per heavy atom. The third-order valence-electron chi connectivity index (χ3n) is 11.3. The Labute approximate surface area is 410 Å². The van der Waals surface area contributed by atoms with Crippen LogP contribution < -0.4 is 29.6 Å². The third-order valence-corrected chi connectivity index (χ3v) is 11.3. The van der Waals surface area contributed by atoms with Gasteiger partial charge in [-0.05, 0) is 92.1 Å². The Bertz CT molecular complexity index is 3220. The number of aryl methyl sites for hydroxylation is 2. The first-order valence-electron chi connectivity index (χ1n) is 22.6. The number of alkyl halides is 6. The quantitative estimate of drug-likeness (QED) is 0.0557. The van der Waals surface area contributed by atoms with Gasteiger partial charge in [-0.2, -0.15) is 26.3 Å². The number of ether oxygens (including phenoxy) is 4. The number of fused-ring (bicyclic) bond motifs is 2. The highest BCUT2D eigenvalue weighted by Gasteiger charge is 2.28. The molecule has 2 aromatic heterocycles. The highest BCUT2D eigenvalue weighted by Crippen LogP contribution is 2.38. The number of imidazole rings is 2. The van der Waals surface area contributed by atoms with Crippen LogP contribution in [-0.4, -0.2) is 75.6 Å². The van der Waals surface area contributed by atoms with Crippen molar-refractivity contribution in [3.63, 3.8) is 0 Å². The predicted molar refractivity (Wildman–Crippen MR) is 262 cm³/mol. The summed E-state index contributed by atoms with van der Waals surface area (Å²) in [5.74, 6) is 1.73. The fourth-order valence-electron chi connectivity index (χ4n) is 7.83. The average molecular weight is 997 g/mol. The number of nitrogens with zero attached hydrogens (tertiary/aromatic N) is 4. The summed E-state index contributed by atoms with van der Waals surface area (Å²) in [6.07, 6.45) is -6.21. The standard InChI is InChI=1S/C28H28F3N3O3.C25H22F3N3O4/c1-4-7-24(35)21-11-10-19(14-18(21)2)34-17-33-27-22(32-13-12-28(29,30)31)15-20(16-23(27)34)37-26-9-6-5-8-25(26)36-3;1-15-11-16(7-8-18(15)24(32)33)31-14-30-23-19(29-10-9-25(26,27)28)12-17(13-20(23)31)35-22-6-4-3-5-21(22)34-2/h5-6,8-11,14-17,32H,4,7,12-13H2,1-3H3;3-8,11-14,29H,9-10H2,1-2H3,(H,32,33). The maximum Gasteiger partial charge on any atom is 0.390 e. The molecule has 8 aromatic rings. The number of carbonyl (C=O) groups is 2. The van der Waals surface area contributed by atoms with Crippen molar-refractivity contribution < 1.29 is 60.0 Å². The minimum Gasteiger partial charge on any atom is -0.493 e. The number of halogens is 6. The van der Waals surface area contributed by atoms with E-state index < -0.39 is 31.2 Å². The number of hydrogen-bond donors (Lipinski definition) is 3. The smallest absolute Gasteiger partial charge is 0.390 e. The molecule has 0 unspecified atom stereocenters. The van der Waals surface area contributed by atoms with Gasteiger partial charge in [0.15, 0.2) is 28.8 Å². The molecule has 0 aliphatic heterocycles. The lowest BCUT2D eigenvalue weighted by molar-refractivity contribution is -0.132. The second-order valence-corrected chi connectivity index (χ2v) is 16.5. The number of carboxylic acids is 1. The van der Waals surface area contributed by atoms with Crippen LogP contribution in [0.5, 0.6) is 34.5 Å². The Morgan fingerprint density at radius 2 is 1.01 bits per heavy atom. The molecule has 0 saturated heterocycles. The van der Waals surface area contributed by atoms with Gasteiger partial charge < -0.3 is 34.7 Å². The molecule has 0 radical (unpaired) electrons. The Morgan fingerprint density at radius 3 is 1.39 bits per heavy atom. The molecule has 0 aliphatic carbocycles. The van der Waals surface area contributed by atoms with Gasteiger partial charge in [0.1, 0.15) is 35.2 Å². The molecule has 0 bridgehead atoms. The first-order chi connectivity index (χ1) is 34.4. The summed E-state index contributed by atoms with van der Waals surface area (Å²) in [7, 11) is 3.04. The number of hydrogen-bond acceptors (Lipinski definition) is 10. The molecular weight excluding hydrogens is 947 g/mol. The van der Waals surface area contributed by atoms with Gasteiger partial charge in [-0.15, -0.1) is 0 Å². The Hall–Kier alpha value is -8.22. The molecule has 0 saturated carbocycles. The van der Waals surface area contributed by atoms with Crippen molar-refractivity contribution in [1.29, 1.82) is 0 Å². The number of nitrogens with one attached hydrogen (secondary N) is 2. The molecule has 3 N–H and O–H groups in total. The van der Waals surface area contributed by atoms with E-state index in [1.165, 1.54) is 26.6 Å². The largest absolute Gasteiger partial charge is 0.493 e. The molecule has 19 heteroatoms. The number of para-hydroxylation sites is 4. The molecular formula is C53H50F6N6O7. The van der Waals surface area contributed by atoms with Gasteiger partial charge in [0.05, 0.1) is 55.0 Å². The van der Waals surface area contributed by atoms with E-state index in [2.05, 4.69) is 20.6 Å². The maximum absolute atomic E-state index is 12.8. The van der Waals surface area contributed by atoms with Crippen LogP contribution >= 0.6 is 0 Å². The molecule has 0 amide bonds. The molecule has 13 nitrogen and oxygen atoms in total. The van der Waals surface area contributed by atoms with Crippen LogP contribution in [0.25, 0.3) is 33.4 Å². The van der Waals surface area contributed by atoms with E-state index in [1.54, 1.807) is 103 Å². The molecule has 0 spiro atoms. The van der Waals surface area contributed by atoms with Crippen LogP contribution in [0, 0.1) is 13.8 Å². The van der Waals surface area contributed by atoms with E-state index in [-0.39, 0.29) is 24.4 Å². The highest BCUT2D eigenvalue weighted by atomic mass is 19.4. The Balaban J connectivity index is 0.000000212. The molecule has 0 atom stereocenters. The summed E-state index contributed by atoms with van der Waals surface area (Å²) in [4.78, 5) is 32.7. The van der Waals surface area contributed by atoms with Crippen LogP contribution in [-0.2, 0) is 0 Å².